The quantitative estimate of drug-likeness (QED) is 0.455. The highest BCUT2D eigenvalue weighted by molar-refractivity contribution is 5.13. The van der Waals surface area contributed by atoms with Crippen LogP contribution < -0.4 is 0 Å². The van der Waals surface area contributed by atoms with Gasteiger partial charge in [0.25, 0.3) is 0 Å². The normalized spacial score (nSPS) is 22.2. The van der Waals surface area contributed by atoms with E-state index in [1.807, 2.05) is 44.2 Å². The van der Waals surface area contributed by atoms with Gasteiger partial charge in [0.15, 0.2) is 5.79 Å². The van der Waals surface area contributed by atoms with E-state index >= 15 is 0 Å². The van der Waals surface area contributed by atoms with Gasteiger partial charge in [-0.15, -0.1) is 0 Å². The third-order valence-electron chi connectivity index (χ3n) is 3.08. The number of ether oxygens (including phenoxy) is 3. The molecule has 1 saturated heterocycles. The molecule has 0 aromatic heterocycles. The molecule has 0 bridgehead atoms. The lowest BCUT2D eigenvalue weighted by molar-refractivity contribution is -0.156. The molecule has 1 aromatic rings. The van der Waals surface area contributed by atoms with Gasteiger partial charge in [-0.1, -0.05) is 35.4 Å². The Morgan fingerprint density at radius 1 is 1.45 bits per heavy atom. The van der Waals surface area contributed by atoms with Gasteiger partial charge in [-0.05, 0) is 24.9 Å². The number of azide groups is 1. The highest BCUT2D eigenvalue weighted by Gasteiger charge is 2.37. The van der Waals surface area contributed by atoms with Crippen LogP contribution in [0, 0.1) is 0 Å². The van der Waals surface area contributed by atoms with Gasteiger partial charge in [0.1, 0.15) is 6.10 Å². The molecule has 2 rings (SSSR count). The minimum absolute atomic E-state index is 0.223. The van der Waals surface area contributed by atoms with Crippen LogP contribution in [0.25, 0.3) is 10.4 Å². The fourth-order valence-electron chi connectivity index (χ4n) is 2.07. The van der Waals surface area contributed by atoms with E-state index in [1.54, 1.807) is 0 Å². The minimum Gasteiger partial charge on any atom is -0.371 e. The van der Waals surface area contributed by atoms with Crippen molar-refractivity contribution < 1.29 is 14.2 Å². The average Bonchev–Trinajstić information content (AvgIpc) is 2.80. The Balaban J connectivity index is 1.95. The van der Waals surface area contributed by atoms with Crippen LogP contribution in [0.1, 0.15) is 19.4 Å². The van der Waals surface area contributed by atoms with E-state index in [0.717, 1.165) is 5.56 Å². The topological polar surface area (TPSA) is 76.5 Å². The fourth-order valence-corrected chi connectivity index (χ4v) is 2.07. The third-order valence-corrected chi connectivity index (χ3v) is 3.08. The smallest absolute Gasteiger partial charge is 0.163 e. The van der Waals surface area contributed by atoms with E-state index in [0.29, 0.717) is 13.2 Å². The first-order valence-corrected chi connectivity index (χ1v) is 6.59. The molecule has 0 N–H and O–H groups in total. The predicted octanol–water partition coefficient (Wildman–Crippen LogP) is 3.03. The first-order chi connectivity index (χ1) is 9.61. The molecule has 1 aliphatic rings. The Morgan fingerprint density at radius 2 is 2.20 bits per heavy atom. The molecule has 0 aliphatic carbocycles. The first-order valence-electron chi connectivity index (χ1n) is 6.59. The average molecular weight is 277 g/mol. The maximum atomic E-state index is 8.48. The highest BCUT2D eigenvalue weighted by Crippen LogP contribution is 2.26. The second kappa shape index (κ2) is 6.72. The lowest BCUT2D eigenvalue weighted by Gasteiger charge is -2.23. The first kappa shape index (κ1) is 14.8. The van der Waals surface area contributed by atoms with Gasteiger partial charge in [-0.2, -0.15) is 0 Å². The van der Waals surface area contributed by atoms with E-state index in [-0.39, 0.29) is 18.8 Å². The van der Waals surface area contributed by atoms with Crippen LogP contribution in [0.4, 0.5) is 0 Å². The molecule has 1 heterocycles. The Labute approximate surface area is 118 Å². The van der Waals surface area contributed by atoms with Crippen molar-refractivity contribution >= 4 is 0 Å². The van der Waals surface area contributed by atoms with Crippen molar-refractivity contribution in [3.05, 3.63) is 46.3 Å². The minimum atomic E-state index is -0.616. The molecule has 2 atom stereocenters. The van der Waals surface area contributed by atoms with Crippen molar-refractivity contribution in [2.75, 3.05) is 13.2 Å². The highest BCUT2D eigenvalue weighted by atomic mass is 16.7. The molecule has 6 heteroatoms. The zero-order valence-corrected chi connectivity index (χ0v) is 11.7. The zero-order valence-electron chi connectivity index (χ0n) is 11.7. The summed E-state index contributed by atoms with van der Waals surface area (Å²) in [5, 5.41) is 3.60. The molecular formula is C14H19N3O3. The van der Waals surface area contributed by atoms with Crippen LogP contribution in [0.15, 0.2) is 35.4 Å². The van der Waals surface area contributed by atoms with Crippen molar-refractivity contribution in [3.8, 4) is 0 Å². The number of hydrogen-bond donors (Lipinski definition) is 0. The molecule has 6 nitrogen and oxygen atoms in total. The molecule has 0 radical (unpaired) electrons. The number of rotatable bonds is 6. The van der Waals surface area contributed by atoms with Gasteiger partial charge >= 0.3 is 0 Å². The fraction of sp³-hybridized carbons (Fsp3) is 0.571. The van der Waals surface area contributed by atoms with Crippen molar-refractivity contribution in [2.45, 2.75) is 38.4 Å². The van der Waals surface area contributed by atoms with E-state index in [1.165, 1.54) is 0 Å². The molecular weight excluding hydrogens is 258 g/mol. The summed E-state index contributed by atoms with van der Waals surface area (Å²) in [6, 6.07) is 9.84. The molecule has 0 saturated carbocycles. The van der Waals surface area contributed by atoms with Crippen LogP contribution in [0.5, 0.6) is 0 Å². The predicted molar refractivity (Wildman–Crippen MR) is 73.9 cm³/mol. The van der Waals surface area contributed by atoms with Gasteiger partial charge in [0.2, 0.25) is 0 Å². The molecule has 108 valence electrons. The van der Waals surface area contributed by atoms with Gasteiger partial charge in [0.05, 0.1) is 25.9 Å². The molecule has 1 aromatic carbocycles. The SMILES string of the molecule is CC1(C)OC[C@@H]([C@H](CN=[N+]=[N-])OCc2ccccc2)O1. The summed E-state index contributed by atoms with van der Waals surface area (Å²) in [5.74, 6) is -0.616. The Morgan fingerprint density at radius 3 is 2.80 bits per heavy atom. The third kappa shape index (κ3) is 4.21. The molecule has 0 unspecified atom stereocenters. The maximum Gasteiger partial charge on any atom is 0.163 e. The number of benzene rings is 1. The molecule has 1 aliphatic heterocycles. The van der Waals surface area contributed by atoms with Crippen molar-refractivity contribution in [1.82, 2.24) is 0 Å². The van der Waals surface area contributed by atoms with Crippen molar-refractivity contribution in [2.24, 2.45) is 5.11 Å². The van der Waals surface area contributed by atoms with Crippen LogP contribution >= 0.6 is 0 Å². The van der Waals surface area contributed by atoms with Gasteiger partial charge in [0, 0.05) is 4.91 Å². The lowest BCUT2D eigenvalue weighted by Crippen LogP contribution is -2.35. The standard InChI is InChI=1S/C14H19N3O3/c1-14(2)19-10-13(20-14)12(8-16-17-15)18-9-11-6-4-3-5-7-11/h3-7,12-13H,8-10H2,1-2H3/t12-,13-/m0/s1. The van der Waals surface area contributed by atoms with E-state index in [2.05, 4.69) is 10.0 Å². The zero-order chi connectivity index (χ0) is 14.4. The number of nitrogens with zero attached hydrogens (tertiary/aromatic N) is 3. The second-order valence-corrected chi connectivity index (χ2v) is 5.12. The van der Waals surface area contributed by atoms with Crippen LogP contribution in [0.2, 0.25) is 0 Å². The summed E-state index contributed by atoms with van der Waals surface area (Å²) in [4.78, 5) is 2.79. The van der Waals surface area contributed by atoms with Gasteiger partial charge in [-0.3, -0.25) is 0 Å². The molecule has 1 fully saturated rings. The monoisotopic (exact) mass is 277 g/mol. The van der Waals surface area contributed by atoms with Crippen molar-refractivity contribution in [1.29, 1.82) is 0 Å². The molecule has 0 spiro atoms. The largest absolute Gasteiger partial charge is 0.371 e. The summed E-state index contributed by atoms with van der Waals surface area (Å²) in [7, 11) is 0. The summed E-state index contributed by atoms with van der Waals surface area (Å²) in [6.07, 6.45) is -0.535. The van der Waals surface area contributed by atoms with E-state index < -0.39 is 5.79 Å². The summed E-state index contributed by atoms with van der Waals surface area (Å²) >= 11 is 0. The number of hydrogen-bond acceptors (Lipinski definition) is 4. The molecule has 0 amide bonds. The van der Waals surface area contributed by atoms with E-state index in [4.69, 9.17) is 19.7 Å². The Kier molecular flexibility index (Phi) is 4.98. The Bertz CT molecular complexity index is 472. The lowest BCUT2D eigenvalue weighted by atomic mass is 10.2. The van der Waals surface area contributed by atoms with E-state index in [9.17, 15) is 0 Å². The Hall–Kier alpha value is -1.59. The summed E-state index contributed by atoms with van der Waals surface area (Å²) in [6.45, 7) is 4.83. The van der Waals surface area contributed by atoms with Crippen molar-refractivity contribution in [3.63, 3.8) is 0 Å². The maximum absolute atomic E-state index is 8.48. The molecule has 20 heavy (non-hydrogen) atoms. The summed E-state index contributed by atoms with van der Waals surface area (Å²) < 4.78 is 17.1. The van der Waals surface area contributed by atoms with Crippen LogP contribution in [0.3, 0.4) is 0 Å². The second-order valence-electron chi connectivity index (χ2n) is 5.12. The van der Waals surface area contributed by atoms with Gasteiger partial charge in [-0.25, -0.2) is 0 Å². The van der Waals surface area contributed by atoms with Crippen LogP contribution in [-0.4, -0.2) is 31.1 Å². The van der Waals surface area contributed by atoms with Gasteiger partial charge < -0.3 is 14.2 Å². The van der Waals surface area contributed by atoms with Crippen LogP contribution in [-0.2, 0) is 20.8 Å². The summed E-state index contributed by atoms with van der Waals surface area (Å²) in [5.41, 5.74) is 9.54.